The molecule has 2 aromatic heterocycles. The number of hydrogen-bond donors (Lipinski definition) is 4. The lowest BCUT2D eigenvalue weighted by atomic mass is 9.82. The smallest absolute Gasteiger partial charge is 0.248 e. The number of aliphatic hydroxyl groups is 1. The zero-order chi connectivity index (χ0) is 28.4. The maximum absolute atomic E-state index is 13.0. The molecule has 0 fully saturated rings. The highest BCUT2D eigenvalue weighted by atomic mass is 16.3. The van der Waals surface area contributed by atoms with Crippen LogP contribution >= 0.6 is 0 Å². The van der Waals surface area contributed by atoms with Crippen LogP contribution in [0.3, 0.4) is 0 Å². The van der Waals surface area contributed by atoms with Crippen LogP contribution in [0.2, 0.25) is 0 Å². The second kappa shape index (κ2) is 13.2. The number of anilines is 2. The molecule has 7 heteroatoms. The molecule has 5 aromatic rings. The first-order valence-corrected chi connectivity index (χ1v) is 13.3. The number of aromatic nitrogens is 2. The number of carbonyl (C=O) groups is 1. The van der Waals surface area contributed by atoms with Gasteiger partial charge in [-0.3, -0.25) is 9.78 Å². The van der Waals surface area contributed by atoms with Crippen molar-refractivity contribution in [3.63, 3.8) is 0 Å². The highest BCUT2D eigenvalue weighted by molar-refractivity contribution is 6.02. The molecule has 0 bridgehead atoms. The SMILES string of the molecule is O=C(C=Cc1ccc(O)cc1)Nc1ccccc1[C@@H](Nc1ccccn1)[C@H](c1ccccn1)[C@H](O)c1ccccc1. The summed E-state index contributed by atoms with van der Waals surface area (Å²) in [4.78, 5) is 22.2. The number of nitrogens with zero attached hydrogens (tertiary/aromatic N) is 2. The first-order valence-electron chi connectivity index (χ1n) is 13.3. The molecule has 3 aromatic carbocycles. The third-order valence-corrected chi connectivity index (χ3v) is 6.71. The van der Waals surface area contributed by atoms with E-state index >= 15 is 0 Å². The summed E-state index contributed by atoms with van der Waals surface area (Å²) in [6, 6.07) is 34.2. The first kappa shape index (κ1) is 27.3. The van der Waals surface area contributed by atoms with Crippen LogP contribution in [0.1, 0.15) is 40.4 Å². The number of carbonyl (C=O) groups excluding carboxylic acids is 1. The van der Waals surface area contributed by atoms with Crippen molar-refractivity contribution in [1.82, 2.24) is 9.97 Å². The van der Waals surface area contributed by atoms with Gasteiger partial charge in [-0.1, -0.05) is 72.8 Å². The van der Waals surface area contributed by atoms with E-state index in [9.17, 15) is 15.0 Å². The molecule has 4 N–H and O–H groups in total. The van der Waals surface area contributed by atoms with E-state index in [1.807, 2.05) is 91.0 Å². The minimum absolute atomic E-state index is 0.159. The van der Waals surface area contributed by atoms with Crippen molar-refractivity contribution in [2.24, 2.45) is 0 Å². The number of amides is 1. The highest BCUT2D eigenvalue weighted by Crippen LogP contribution is 2.43. The third-order valence-electron chi connectivity index (χ3n) is 6.71. The van der Waals surface area contributed by atoms with E-state index < -0.39 is 18.1 Å². The summed E-state index contributed by atoms with van der Waals surface area (Å²) in [7, 11) is 0. The van der Waals surface area contributed by atoms with Gasteiger partial charge in [-0.25, -0.2) is 4.98 Å². The molecule has 1 amide bonds. The first-order chi connectivity index (χ1) is 20.1. The number of aliphatic hydroxyl groups excluding tert-OH is 1. The Bertz CT molecular complexity index is 1580. The maximum Gasteiger partial charge on any atom is 0.248 e. The Balaban J connectivity index is 1.55. The summed E-state index contributed by atoms with van der Waals surface area (Å²) >= 11 is 0. The van der Waals surface area contributed by atoms with Gasteiger partial charge >= 0.3 is 0 Å². The van der Waals surface area contributed by atoms with Crippen molar-refractivity contribution in [1.29, 1.82) is 0 Å². The van der Waals surface area contributed by atoms with Gasteiger partial charge in [0.15, 0.2) is 0 Å². The zero-order valence-corrected chi connectivity index (χ0v) is 22.2. The summed E-state index contributed by atoms with van der Waals surface area (Å²) in [5.41, 5.74) is 3.56. The Kier molecular flexibility index (Phi) is 8.78. The third kappa shape index (κ3) is 7.03. The molecule has 7 nitrogen and oxygen atoms in total. The predicted octanol–water partition coefficient (Wildman–Crippen LogP) is 6.50. The molecule has 3 atom stereocenters. The molecule has 0 saturated heterocycles. The van der Waals surface area contributed by atoms with Gasteiger partial charge < -0.3 is 20.8 Å². The van der Waals surface area contributed by atoms with Crippen LogP contribution in [0.15, 0.2) is 134 Å². The number of pyridine rings is 2. The van der Waals surface area contributed by atoms with Crippen molar-refractivity contribution in [3.8, 4) is 5.75 Å². The van der Waals surface area contributed by atoms with Gasteiger partial charge in [-0.15, -0.1) is 0 Å². The van der Waals surface area contributed by atoms with Gasteiger partial charge in [0, 0.05) is 29.9 Å². The molecule has 0 unspecified atom stereocenters. The lowest BCUT2D eigenvalue weighted by molar-refractivity contribution is -0.111. The molecule has 204 valence electrons. The standard InChI is InChI=1S/C34H30N4O3/c39-26-19-16-24(17-20-26)18-21-31(40)37-28-13-5-4-12-27(28)33(38-30-15-7-9-23-36-30)32(29-14-6-8-22-35-29)34(41)25-10-2-1-3-11-25/h1-23,32-34,39,41H,(H,36,38)(H,37,40)/t32-,33+,34+/m0/s1. The molecule has 0 radical (unpaired) electrons. The molecular formula is C34H30N4O3. The van der Waals surface area contributed by atoms with Crippen LogP contribution < -0.4 is 10.6 Å². The number of rotatable bonds is 10. The van der Waals surface area contributed by atoms with Crippen molar-refractivity contribution in [2.75, 3.05) is 10.6 Å². The van der Waals surface area contributed by atoms with Gasteiger partial charge in [0.05, 0.1) is 18.1 Å². The van der Waals surface area contributed by atoms with E-state index in [0.29, 0.717) is 17.2 Å². The quantitative estimate of drug-likeness (QED) is 0.150. The van der Waals surface area contributed by atoms with Crippen LogP contribution in [-0.2, 0) is 4.79 Å². The maximum atomic E-state index is 13.0. The molecular weight excluding hydrogens is 512 g/mol. The van der Waals surface area contributed by atoms with Crippen LogP contribution in [0.25, 0.3) is 6.08 Å². The summed E-state index contributed by atoms with van der Waals surface area (Å²) in [6.45, 7) is 0. The van der Waals surface area contributed by atoms with Gasteiger partial charge in [-0.05, 0) is 65.2 Å². The van der Waals surface area contributed by atoms with Gasteiger partial charge in [0.2, 0.25) is 5.91 Å². The molecule has 41 heavy (non-hydrogen) atoms. The fraction of sp³-hybridized carbons (Fsp3) is 0.0882. The second-order valence-electron chi connectivity index (χ2n) is 9.47. The van der Waals surface area contributed by atoms with Gasteiger partial charge in [-0.2, -0.15) is 0 Å². The van der Waals surface area contributed by atoms with Crippen LogP contribution in [0, 0.1) is 0 Å². The lowest BCUT2D eigenvalue weighted by Crippen LogP contribution is -2.27. The Morgan fingerprint density at radius 1 is 0.756 bits per heavy atom. The van der Waals surface area contributed by atoms with Gasteiger partial charge in [0.25, 0.3) is 0 Å². The van der Waals surface area contributed by atoms with Crippen molar-refractivity contribution in [2.45, 2.75) is 18.1 Å². The van der Waals surface area contributed by atoms with E-state index in [-0.39, 0.29) is 11.7 Å². The second-order valence-corrected chi connectivity index (χ2v) is 9.47. The number of para-hydroxylation sites is 1. The average molecular weight is 543 g/mol. The van der Waals surface area contributed by atoms with Gasteiger partial charge in [0.1, 0.15) is 11.6 Å². The number of benzene rings is 3. The zero-order valence-electron chi connectivity index (χ0n) is 22.2. The molecule has 0 aliphatic rings. The molecule has 5 rings (SSSR count). The van der Waals surface area contributed by atoms with Crippen molar-refractivity contribution >= 4 is 23.5 Å². The molecule has 0 aliphatic carbocycles. The average Bonchev–Trinajstić information content (AvgIpc) is 3.02. The lowest BCUT2D eigenvalue weighted by Gasteiger charge is -2.33. The predicted molar refractivity (Wildman–Crippen MR) is 161 cm³/mol. The minimum atomic E-state index is -0.925. The van der Waals surface area contributed by atoms with E-state index in [4.69, 9.17) is 0 Å². The van der Waals surface area contributed by atoms with E-state index in [1.54, 1.807) is 42.7 Å². The summed E-state index contributed by atoms with van der Waals surface area (Å²) in [5.74, 6) is -0.0922. The number of nitrogens with one attached hydrogen (secondary N) is 2. The molecule has 0 aliphatic heterocycles. The normalized spacial score (nSPS) is 13.3. The van der Waals surface area contributed by atoms with E-state index in [0.717, 1.165) is 16.7 Å². The van der Waals surface area contributed by atoms with Crippen molar-refractivity contribution in [3.05, 3.63) is 156 Å². The van der Waals surface area contributed by atoms with E-state index in [1.165, 1.54) is 6.08 Å². The molecule has 2 heterocycles. The van der Waals surface area contributed by atoms with Crippen LogP contribution in [-0.4, -0.2) is 26.1 Å². The number of phenolic OH excluding ortho intramolecular Hbond substituents is 1. The summed E-state index contributed by atoms with van der Waals surface area (Å²) in [5, 5.41) is 27.9. The Hall–Kier alpha value is -5.27. The Morgan fingerprint density at radius 3 is 2.15 bits per heavy atom. The molecule has 0 saturated carbocycles. The summed E-state index contributed by atoms with van der Waals surface area (Å²) < 4.78 is 0. The fourth-order valence-corrected chi connectivity index (χ4v) is 4.73. The fourth-order valence-electron chi connectivity index (χ4n) is 4.73. The largest absolute Gasteiger partial charge is 0.508 e. The minimum Gasteiger partial charge on any atom is -0.508 e. The summed E-state index contributed by atoms with van der Waals surface area (Å²) in [6.07, 6.45) is 5.60. The monoisotopic (exact) mass is 542 g/mol. The number of hydrogen-bond acceptors (Lipinski definition) is 6. The Labute approximate surface area is 238 Å². The Morgan fingerprint density at radius 2 is 1.44 bits per heavy atom. The van der Waals surface area contributed by atoms with Crippen LogP contribution in [0.4, 0.5) is 11.5 Å². The number of aromatic hydroxyl groups is 1. The van der Waals surface area contributed by atoms with Crippen molar-refractivity contribution < 1.29 is 15.0 Å². The topological polar surface area (TPSA) is 107 Å². The van der Waals surface area contributed by atoms with E-state index in [2.05, 4.69) is 20.6 Å². The number of phenols is 1. The van der Waals surface area contributed by atoms with Crippen LogP contribution in [0.5, 0.6) is 5.75 Å². The highest BCUT2D eigenvalue weighted by Gasteiger charge is 2.35. The molecule has 0 spiro atoms.